The van der Waals surface area contributed by atoms with Crippen molar-refractivity contribution in [3.8, 4) is 0 Å². The maximum atomic E-state index is 0. The van der Waals surface area contributed by atoms with E-state index in [0.29, 0.717) is 0 Å². The molecule has 0 radical (unpaired) electrons. The molecule has 0 N–H and O–H groups in total. The van der Waals surface area contributed by atoms with Crippen LogP contribution in [0.4, 0.5) is 0 Å². The van der Waals surface area contributed by atoms with Crippen molar-refractivity contribution in [2.75, 3.05) is 0 Å². The van der Waals surface area contributed by atoms with Crippen LogP contribution in [0.1, 0.15) is 0 Å². The molecule has 0 saturated heterocycles. The van der Waals surface area contributed by atoms with Gasteiger partial charge in [-0.15, -0.1) is 0 Å². The van der Waals surface area contributed by atoms with Gasteiger partial charge >= 0.3 is 73.3 Å². The Hall–Kier alpha value is 3.03. The normalized spacial score (nSPS) is 0. The summed E-state index contributed by atoms with van der Waals surface area (Å²) in [5, 5.41) is 0. The van der Waals surface area contributed by atoms with Gasteiger partial charge in [0.25, 0.3) is 0 Å². The Morgan fingerprint density at radius 1 is 0.750 bits per heavy atom. The molecule has 0 unspecified atom stereocenters. The molecule has 4 heavy (non-hydrogen) atoms. The van der Waals surface area contributed by atoms with Crippen molar-refractivity contribution in [2.45, 2.75) is 0 Å². The molecule has 0 rings (SSSR count). The van der Waals surface area contributed by atoms with Crippen LogP contribution in [0.5, 0.6) is 0 Å². The smallest absolute Gasteiger partial charge is 1.00 e. The minimum Gasteiger partial charge on any atom is -1.00 e. The van der Waals surface area contributed by atoms with Crippen LogP contribution in [0.15, 0.2) is 0 Å². The minimum atomic E-state index is 0. The molecule has 0 aliphatic rings. The average Bonchev–Trinajstić information content (AvgIpc) is 0. The van der Waals surface area contributed by atoms with Gasteiger partial charge in [-0.25, -0.2) is 0 Å². The second-order valence-corrected chi connectivity index (χ2v) is 0. The van der Waals surface area contributed by atoms with E-state index in [1.807, 2.05) is 0 Å². The molecule has 0 spiro atoms. The van der Waals surface area contributed by atoms with Crippen LogP contribution in [-0.4, -0.2) is 37.7 Å². The molecular formula is CaCl2La+3. The largest absolute Gasteiger partial charge is 3.00 e. The number of hydrogen-bond acceptors (Lipinski definition) is 0. The van der Waals surface area contributed by atoms with E-state index >= 15 is 0 Å². The van der Waals surface area contributed by atoms with Gasteiger partial charge in [0.1, 0.15) is 0 Å². The van der Waals surface area contributed by atoms with E-state index in [1.54, 1.807) is 0 Å². The third-order valence-corrected chi connectivity index (χ3v) is 0. The molecule has 0 atom stereocenters. The summed E-state index contributed by atoms with van der Waals surface area (Å²) in [6.07, 6.45) is 0. The van der Waals surface area contributed by atoms with E-state index < -0.39 is 0 Å². The minimum absolute atomic E-state index is 0. The summed E-state index contributed by atoms with van der Waals surface area (Å²) in [6, 6.07) is 0. The van der Waals surface area contributed by atoms with Gasteiger partial charge in [0.2, 0.25) is 0 Å². The second kappa shape index (κ2) is 16.6. The molecule has 0 amide bonds. The quantitative estimate of drug-likeness (QED) is 0.375. The van der Waals surface area contributed by atoms with Gasteiger partial charge in [-0.05, 0) is 0 Å². The van der Waals surface area contributed by atoms with Crippen LogP contribution in [0.2, 0.25) is 0 Å². The zero-order valence-electron chi connectivity index (χ0n) is 2.04. The van der Waals surface area contributed by atoms with Gasteiger partial charge in [-0.1, -0.05) is 0 Å². The average molecular weight is 250 g/mol. The van der Waals surface area contributed by atoms with E-state index in [1.165, 1.54) is 0 Å². The molecule has 0 bridgehead atoms. The maximum absolute atomic E-state index is 0. The molecule has 0 aliphatic carbocycles. The summed E-state index contributed by atoms with van der Waals surface area (Å²) in [7, 11) is 0. The van der Waals surface area contributed by atoms with Crippen molar-refractivity contribution in [1.29, 1.82) is 0 Å². The summed E-state index contributed by atoms with van der Waals surface area (Å²) in [4.78, 5) is 0. The summed E-state index contributed by atoms with van der Waals surface area (Å²) in [5.74, 6) is 0. The van der Waals surface area contributed by atoms with E-state index in [0.717, 1.165) is 0 Å². The van der Waals surface area contributed by atoms with Crippen LogP contribution in [-0.2, 0) is 0 Å². The fourth-order valence-corrected chi connectivity index (χ4v) is 0. The molecule has 16 valence electrons. The Labute approximate surface area is 95.9 Å². The predicted molar refractivity (Wildman–Crippen MR) is 5.75 cm³/mol. The van der Waals surface area contributed by atoms with E-state index in [2.05, 4.69) is 0 Å². The Bertz CT molecular complexity index is 6.00. The summed E-state index contributed by atoms with van der Waals surface area (Å²) < 4.78 is 0. The fourth-order valence-electron chi connectivity index (χ4n) is 0. The Morgan fingerprint density at radius 2 is 0.750 bits per heavy atom. The summed E-state index contributed by atoms with van der Waals surface area (Å²) >= 11 is 0. The molecule has 0 fully saturated rings. The standard InChI is InChI=1S/Ca.2ClH.La/h;2*1H;/q+2;;;+3/p-2. The van der Waals surface area contributed by atoms with Gasteiger partial charge in [-0.2, -0.15) is 0 Å². The SMILES string of the molecule is [Ca+2].[Cl-].[Cl-].[La+3]. The van der Waals surface area contributed by atoms with Crippen molar-refractivity contribution >= 4 is 37.7 Å². The first kappa shape index (κ1) is 27.8. The Balaban J connectivity index is 0. The van der Waals surface area contributed by atoms with E-state index in [9.17, 15) is 0 Å². The first-order valence-corrected chi connectivity index (χ1v) is 0. The molecule has 0 nitrogen and oxygen atoms in total. The van der Waals surface area contributed by atoms with Crippen LogP contribution >= 0.6 is 0 Å². The second-order valence-electron chi connectivity index (χ2n) is 0. The van der Waals surface area contributed by atoms with Crippen molar-refractivity contribution in [3.63, 3.8) is 0 Å². The molecule has 0 aromatic heterocycles. The fraction of sp³-hybridized carbons (Fsp3) is 0. The zero-order chi connectivity index (χ0) is 0. The summed E-state index contributed by atoms with van der Waals surface area (Å²) in [6.45, 7) is 0. The Morgan fingerprint density at radius 3 is 0.750 bits per heavy atom. The molecule has 0 aliphatic heterocycles. The van der Waals surface area contributed by atoms with Crippen molar-refractivity contribution < 1.29 is 60.4 Å². The number of halogens is 2. The van der Waals surface area contributed by atoms with Crippen LogP contribution in [0.3, 0.4) is 0 Å². The molecule has 0 saturated carbocycles. The van der Waals surface area contributed by atoms with Gasteiger partial charge in [0.15, 0.2) is 0 Å². The first-order valence-electron chi connectivity index (χ1n) is 0. The Kier molecular flexibility index (Phi) is 116. The molecule has 0 aromatic rings. The first-order chi connectivity index (χ1) is 0. The van der Waals surface area contributed by atoms with E-state index in [-0.39, 0.29) is 98.2 Å². The van der Waals surface area contributed by atoms with Crippen LogP contribution in [0, 0.1) is 35.6 Å². The van der Waals surface area contributed by atoms with Crippen molar-refractivity contribution in [1.82, 2.24) is 0 Å². The third-order valence-electron chi connectivity index (χ3n) is 0. The van der Waals surface area contributed by atoms with Crippen molar-refractivity contribution in [2.24, 2.45) is 0 Å². The topological polar surface area (TPSA) is 0 Å². The molecular weight excluding hydrogens is 250 g/mol. The van der Waals surface area contributed by atoms with Gasteiger partial charge in [0, 0.05) is 0 Å². The zero-order valence-corrected chi connectivity index (χ0v) is 9.39. The van der Waals surface area contributed by atoms with Gasteiger partial charge < -0.3 is 24.8 Å². The predicted octanol–water partition coefficient (Wildman–Crippen LogP) is -6.37. The number of rotatable bonds is 0. The number of hydrogen-bond donors (Lipinski definition) is 0. The molecule has 0 aromatic carbocycles. The van der Waals surface area contributed by atoms with Crippen molar-refractivity contribution in [3.05, 3.63) is 0 Å². The van der Waals surface area contributed by atoms with Gasteiger partial charge in [0.05, 0.1) is 0 Å². The van der Waals surface area contributed by atoms with Crippen LogP contribution < -0.4 is 24.8 Å². The third kappa shape index (κ3) is 8.90. The monoisotopic (exact) mass is 249 g/mol. The molecule has 4 heteroatoms. The van der Waals surface area contributed by atoms with Crippen LogP contribution in [0.25, 0.3) is 0 Å². The van der Waals surface area contributed by atoms with Gasteiger partial charge in [-0.3, -0.25) is 0 Å². The summed E-state index contributed by atoms with van der Waals surface area (Å²) in [5.41, 5.74) is 0. The molecule has 0 heterocycles. The van der Waals surface area contributed by atoms with E-state index in [4.69, 9.17) is 0 Å². The maximum Gasteiger partial charge on any atom is 3.00 e.